The number of halogens is 5. The molecule has 0 radical (unpaired) electrons. The summed E-state index contributed by atoms with van der Waals surface area (Å²) in [6, 6.07) is 7.96. The average Bonchev–Trinajstić information content (AvgIpc) is 2.82. The van der Waals surface area contributed by atoms with Gasteiger partial charge in [-0.1, -0.05) is 12.1 Å². The summed E-state index contributed by atoms with van der Waals surface area (Å²) in [4.78, 5) is 36.8. The smallest absolute Gasteiger partial charge is 0.431 e. The van der Waals surface area contributed by atoms with Crippen LogP contribution in [0.5, 0.6) is 17.2 Å². The largest absolute Gasteiger partial charge is 0.464 e. The van der Waals surface area contributed by atoms with E-state index in [2.05, 4.69) is 20.7 Å². The molecule has 0 spiro atoms. The highest BCUT2D eigenvalue weighted by Crippen LogP contribution is 2.37. The molecule has 36 heavy (non-hydrogen) atoms. The summed E-state index contributed by atoms with van der Waals surface area (Å²) in [7, 11) is 3.14. The van der Waals surface area contributed by atoms with E-state index in [0.29, 0.717) is 0 Å². The van der Waals surface area contributed by atoms with Gasteiger partial charge >= 0.3 is 17.8 Å². The number of hydrogen-bond donors (Lipinski definition) is 0. The van der Waals surface area contributed by atoms with E-state index in [1.807, 2.05) is 0 Å². The van der Waals surface area contributed by atoms with E-state index in [-0.39, 0.29) is 36.9 Å². The molecule has 9 nitrogen and oxygen atoms in total. The van der Waals surface area contributed by atoms with Gasteiger partial charge in [0.05, 0.1) is 17.3 Å². The van der Waals surface area contributed by atoms with Crippen molar-refractivity contribution in [3.8, 4) is 22.9 Å². The second kappa shape index (κ2) is 10.5. The van der Waals surface area contributed by atoms with Gasteiger partial charge in [0.1, 0.15) is 17.3 Å². The molecule has 192 valence electrons. The summed E-state index contributed by atoms with van der Waals surface area (Å²) in [5.74, 6) is -2.05. The van der Waals surface area contributed by atoms with Crippen LogP contribution in [0.3, 0.4) is 0 Å². The molecule has 0 N–H and O–H groups in total. The molecular formula is C22H17BrF4N2O7. The predicted molar refractivity (Wildman–Crippen MR) is 120 cm³/mol. The number of nitrogens with zero attached hydrogens (tertiary/aromatic N) is 2. The van der Waals surface area contributed by atoms with Gasteiger partial charge in [-0.3, -0.25) is 9.36 Å². The standard InChI is InChI=1S/C22H17BrF4N2O7/c1-28-17(22(25,26)27)10-18(30)29(21(28)32)13-9-16(11(23)8-12(13)24)35-14-6-4-5-7-15(14)36-20(34-3)19(31)33-2/h4-10,20H,1-3H3/t20-/m1/s1. The molecule has 0 bridgehead atoms. The summed E-state index contributed by atoms with van der Waals surface area (Å²) in [6.07, 6.45) is -6.42. The zero-order chi connectivity index (χ0) is 26.8. The van der Waals surface area contributed by atoms with E-state index in [1.165, 1.54) is 19.2 Å². The fourth-order valence-corrected chi connectivity index (χ4v) is 3.44. The van der Waals surface area contributed by atoms with Crippen molar-refractivity contribution in [2.24, 2.45) is 7.05 Å². The maximum Gasteiger partial charge on any atom is 0.431 e. The van der Waals surface area contributed by atoms with E-state index >= 15 is 0 Å². The Morgan fingerprint density at radius 1 is 1.03 bits per heavy atom. The van der Waals surface area contributed by atoms with Gasteiger partial charge in [-0.05, 0) is 34.1 Å². The van der Waals surface area contributed by atoms with E-state index in [1.54, 1.807) is 12.1 Å². The molecule has 2 aromatic carbocycles. The number of carbonyl (C=O) groups excluding carboxylic acids is 1. The lowest BCUT2D eigenvalue weighted by Gasteiger charge is -2.18. The third-order valence-corrected chi connectivity index (χ3v) is 5.38. The van der Waals surface area contributed by atoms with Crippen molar-refractivity contribution in [3.63, 3.8) is 0 Å². The van der Waals surface area contributed by atoms with E-state index in [9.17, 15) is 31.9 Å². The van der Waals surface area contributed by atoms with Gasteiger partial charge in [0.25, 0.3) is 11.8 Å². The van der Waals surface area contributed by atoms with Crippen molar-refractivity contribution in [2.45, 2.75) is 12.5 Å². The highest BCUT2D eigenvalue weighted by molar-refractivity contribution is 9.10. The highest BCUT2D eigenvalue weighted by Gasteiger charge is 2.35. The number of carbonyl (C=O) groups is 1. The summed E-state index contributed by atoms with van der Waals surface area (Å²) < 4.78 is 75.4. The average molecular weight is 577 g/mol. The Morgan fingerprint density at radius 2 is 1.67 bits per heavy atom. The molecule has 3 rings (SSSR count). The quantitative estimate of drug-likeness (QED) is 0.240. The lowest BCUT2D eigenvalue weighted by atomic mass is 10.2. The molecule has 1 heterocycles. The van der Waals surface area contributed by atoms with Crippen LogP contribution in [-0.4, -0.2) is 35.6 Å². The van der Waals surface area contributed by atoms with Crippen LogP contribution in [0.2, 0.25) is 0 Å². The summed E-state index contributed by atoms with van der Waals surface area (Å²) in [5.41, 5.74) is -4.98. The second-order valence-electron chi connectivity index (χ2n) is 7.03. The molecule has 0 aliphatic rings. The van der Waals surface area contributed by atoms with Gasteiger partial charge in [-0.25, -0.2) is 18.5 Å². The van der Waals surface area contributed by atoms with Gasteiger partial charge in [-0.15, -0.1) is 0 Å². The van der Waals surface area contributed by atoms with Crippen LogP contribution in [0.15, 0.2) is 56.5 Å². The Morgan fingerprint density at radius 3 is 2.25 bits per heavy atom. The maximum absolute atomic E-state index is 14.8. The number of alkyl halides is 3. The Labute approximate surface area is 208 Å². The van der Waals surface area contributed by atoms with Crippen molar-refractivity contribution in [1.29, 1.82) is 0 Å². The number of rotatable bonds is 7. The first-order valence-corrected chi connectivity index (χ1v) is 10.6. The first-order valence-electron chi connectivity index (χ1n) is 9.83. The van der Waals surface area contributed by atoms with Gasteiger partial charge in [0.15, 0.2) is 11.5 Å². The van der Waals surface area contributed by atoms with Crippen LogP contribution >= 0.6 is 15.9 Å². The minimum atomic E-state index is -4.98. The minimum absolute atomic E-state index is 0.00869. The monoisotopic (exact) mass is 576 g/mol. The van der Waals surface area contributed by atoms with E-state index < -0.39 is 46.9 Å². The first-order chi connectivity index (χ1) is 16.9. The van der Waals surface area contributed by atoms with Crippen LogP contribution < -0.4 is 20.7 Å². The molecular weight excluding hydrogens is 560 g/mol. The molecule has 14 heteroatoms. The van der Waals surface area contributed by atoms with Gasteiger partial charge in [-0.2, -0.15) is 13.2 Å². The summed E-state index contributed by atoms with van der Waals surface area (Å²) >= 11 is 3.10. The first kappa shape index (κ1) is 26.9. The van der Waals surface area contributed by atoms with Crippen molar-refractivity contribution in [3.05, 3.63) is 79.3 Å². The van der Waals surface area contributed by atoms with E-state index in [4.69, 9.17) is 14.2 Å². The second-order valence-corrected chi connectivity index (χ2v) is 7.89. The number of hydrogen-bond acceptors (Lipinski definition) is 7. The molecule has 3 aromatic rings. The fraction of sp³-hybridized carbons (Fsp3) is 0.227. The third kappa shape index (κ3) is 5.44. The fourth-order valence-electron chi connectivity index (χ4n) is 3.04. The van der Waals surface area contributed by atoms with Crippen LogP contribution in [0.1, 0.15) is 5.69 Å². The van der Waals surface area contributed by atoms with Crippen LogP contribution in [-0.2, 0) is 27.5 Å². The SMILES string of the molecule is COC(=O)[C@H](OC)Oc1ccccc1Oc1cc(-n2c(=O)cc(C(F)(F)F)n(C)c2=O)c(F)cc1Br. The molecule has 0 amide bonds. The number of benzene rings is 2. The zero-order valence-electron chi connectivity index (χ0n) is 18.8. The number of esters is 1. The Kier molecular flexibility index (Phi) is 7.89. The lowest BCUT2D eigenvalue weighted by Crippen LogP contribution is -2.41. The molecule has 1 aromatic heterocycles. The number of methoxy groups -OCH3 is 2. The highest BCUT2D eigenvalue weighted by atomic mass is 79.9. The Hall–Kier alpha value is -3.65. The van der Waals surface area contributed by atoms with Crippen molar-refractivity contribution in [1.82, 2.24) is 9.13 Å². The summed E-state index contributed by atoms with van der Waals surface area (Å²) in [6.45, 7) is 0. The van der Waals surface area contributed by atoms with Gasteiger partial charge in [0, 0.05) is 26.3 Å². The predicted octanol–water partition coefficient (Wildman–Crippen LogP) is 3.77. The molecule has 0 aliphatic heterocycles. The number of aromatic nitrogens is 2. The van der Waals surface area contributed by atoms with Gasteiger partial charge < -0.3 is 18.9 Å². The minimum Gasteiger partial charge on any atom is -0.464 e. The van der Waals surface area contributed by atoms with Crippen molar-refractivity contribution in [2.75, 3.05) is 14.2 Å². The lowest BCUT2D eigenvalue weighted by molar-refractivity contribution is -0.170. The number of para-hydroxylation sites is 2. The normalized spacial score (nSPS) is 12.2. The van der Waals surface area contributed by atoms with Crippen molar-refractivity contribution >= 4 is 21.9 Å². The molecule has 0 fully saturated rings. The van der Waals surface area contributed by atoms with E-state index in [0.717, 1.165) is 26.3 Å². The maximum atomic E-state index is 14.8. The molecule has 0 saturated heterocycles. The topological polar surface area (TPSA) is 98.0 Å². The van der Waals surface area contributed by atoms with Crippen molar-refractivity contribution < 1.29 is 41.3 Å². The number of ether oxygens (including phenoxy) is 4. The Bertz CT molecular complexity index is 1420. The van der Waals surface area contributed by atoms with Gasteiger partial charge in [0.2, 0.25) is 0 Å². The molecule has 0 unspecified atom stereocenters. The Balaban J connectivity index is 2.09. The third-order valence-electron chi connectivity index (χ3n) is 4.76. The van der Waals surface area contributed by atoms with Crippen LogP contribution in [0.4, 0.5) is 17.6 Å². The zero-order valence-corrected chi connectivity index (χ0v) is 20.3. The van der Waals surface area contributed by atoms with Crippen LogP contribution in [0.25, 0.3) is 5.69 Å². The molecule has 1 atom stereocenters. The summed E-state index contributed by atoms with van der Waals surface area (Å²) in [5, 5.41) is 0. The molecule has 0 aliphatic carbocycles. The van der Waals surface area contributed by atoms with Crippen LogP contribution in [0, 0.1) is 5.82 Å². The molecule has 0 saturated carbocycles.